The Morgan fingerprint density at radius 1 is 0.769 bits per heavy atom. The van der Waals surface area contributed by atoms with Crippen LogP contribution in [0, 0.1) is 17.8 Å². The van der Waals surface area contributed by atoms with Crippen LogP contribution in [0.2, 0.25) is 0 Å². The summed E-state index contributed by atoms with van der Waals surface area (Å²) in [6, 6.07) is -3.16. The molecule has 8 N–H and O–H groups in total. The van der Waals surface area contributed by atoms with E-state index in [2.05, 4.69) is 22.9 Å². The summed E-state index contributed by atoms with van der Waals surface area (Å²) in [5, 5.41) is 17.5. The summed E-state index contributed by atoms with van der Waals surface area (Å²) in [6.07, 6.45) is 8.00. The van der Waals surface area contributed by atoms with Crippen LogP contribution in [0.5, 0.6) is 0 Å². The molecule has 0 aliphatic carbocycles. The van der Waals surface area contributed by atoms with Crippen LogP contribution in [0.4, 0.5) is 0 Å². The monoisotopic (exact) mass is 743 g/mol. The third-order valence-electron chi connectivity index (χ3n) is 9.30. The quantitative estimate of drug-likeness (QED) is 0.0481. The zero-order valence-electron chi connectivity index (χ0n) is 33.0. The molecule has 0 spiro atoms. The highest BCUT2D eigenvalue weighted by molar-refractivity contribution is 5.94. The lowest BCUT2D eigenvalue weighted by Gasteiger charge is -2.34. The average Bonchev–Trinajstić information content (AvgIpc) is 3.10. The Bertz CT molecular complexity index is 1090. The molecule has 0 aromatic rings. The molecule has 15 nitrogen and oxygen atoms in total. The molecule has 0 saturated carbocycles. The van der Waals surface area contributed by atoms with Crippen molar-refractivity contribution in [1.82, 2.24) is 20.9 Å². The molecule has 5 amide bonds. The highest BCUT2D eigenvalue weighted by Gasteiger charge is 2.36. The van der Waals surface area contributed by atoms with E-state index in [1.165, 1.54) is 45.2 Å². The number of aliphatic hydroxyl groups is 1. The predicted octanol–water partition coefficient (Wildman–Crippen LogP) is 1.91. The van der Waals surface area contributed by atoms with Crippen molar-refractivity contribution >= 4 is 35.5 Å². The van der Waals surface area contributed by atoms with Crippen molar-refractivity contribution in [2.24, 2.45) is 29.2 Å². The molecule has 7 atom stereocenters. The SMILES string of the molecule is CCCCCCCCCC[C@@H](OC(=O)CNC(=O)[C@@H](C)[C@H](C)O)[C@@H](C)C(=O)N(C)[C@@H](CC(C)C)C(=O)N[C@@H](CCCOC)C(=O)N[C@@H](CN)C(N)=O. The van der Waals surface area contributed by atoms with Crippen molar-refractivity contribution in [2.75, 3.05) is 33.9 Å². The Balaban J connectivity index is 6.03. The molecule has 0 fully saturated rings. The van der Waals surface area contributed by atoms with E-state index < -0.39 is 84.2 Å². The van der Waals surface area contributed by atoms with Crippen LogP contribution in [-0.4, -0.2) is 110 Å². The van der Waals surface area contributed by atoms with Gasteiger partial charge in [-0.3, -0.25) is 28.8 Å². The predicted molar refractivity (Wildman–Crippen MR) is 199 cm³/mol. The maximum absolute atomic E-state index is 14.0. The van der Waals surface area contributed by atoms with Gasteiger partial charge in [0.25, 0.3) is 0 Å². The Morgan fingerprint density at radius 2 is 1.35 bits per heavy atom. The van der Waals surface area contributed by atoms with Gasteiger partial charge < -0.3 is 46.9 Å². The number of primary amides is 1. The van der Waals surface area contributed by atoms with E-state index in [0.717, 1.165) is 25.7 Å². The van der Waals surface area contributed by atoms with Crippen LogP contribution >= 0.6 is 0 Å². The summed E-state index contributed by atoms with van der Waals surface area (Å²) >= 11 is 0. The molecular formula is C37H70N6O9. The van der Waals surface area contributed by atoms with Gasteiger partial charge in [0.15, 0.2) is 0 Å². The number of unbranched alkanes of at least 4 members (excludes halogenated alkanes) is 7. The van der Waals surface area contributed by atoms with Gasteiger partial charge in [0.2, 0.25) is 29.5 Å². The summed E-state index contributed by atoms with van der Waals surface area (Å²) in [7, 11) is 3.02. The number of hydrogen-bond acceptors (Lipinski definition) is 10. The minimum absolute atomic E-state index is 0.0165. The Hall–Kier alpha value is -3.30. The maximum Gasteiger partial charge on any atom is 0.325 e. The Kier molecular flexibility index (Phi) is 25.6. The fourth-order valence-corrected chi connectivity index (χ4v) is 5.65. The topological polar surface area (TPSA) is 232 Å². The van der Waals surface area contributed by atoms with Crippen molar-refractivity contribution < 1.29 is 43.3 Å². The standard InChI is InChI=1S/C37H70N6O9/c1-9-10-11-12-13-14-15-16-19-31(52-32(45)23-40-34(47)25(4)27(6)44)26(5)37(50)43(7)30(21-24(2)3)36(49)41-28(18-17-20-51-8)35(48)42-29(22-38)33(39)46/h24-31,44H,9-23,38H2,1-8H3,(H2,39,46)(H,40,47)(H,41,49)(H,42,48)/t25-,26+,27-,28-,29-,30-,31+/m0/s1. The summed E-state index contributed by atoms with van der Waals surface area (Å²) < 4.78 is 10.9. The number of nitrogens with one attached hydrogen (secondary N) is 3. The smallest absolute Gasteiger partial charge is 0.325 e. The Labute approximate surface area is 311 Å². The molecule has 0 bridgehead atoms. The number of hydrogen-bond donors (Lipinski definition) is 6. The van der Waals surface area contributed by atoms with E-state index in [9.17, 15) is 33.9 Å². The second-order valence-electron chi connectivity index (χ2n) is 14.3. The van der Waals surface area contributed by atoms with Crippen molar-refractivity contribution in [3.05, 3.63) is 0 Å². The first-order valence-corrected chi connectivity index (χ1v) is 19.0. The number of carbonyl (C=O) groups excluding carboxylic acids is 6. The average molecular weight is 743 g/mol. The minimum Gasteiger partial charge on any atom is -0.460 e. The van der Waals surface area contributed by atoms with Crippen LogP contribution in [0.1, 0.15) is 119 Å². The molecule has 0 radical (unpaired) electrons. The van der Waals surface area contributed by atoms with Crippen LogP contribution in [0.3, 0.4) is 0 Å². The van der Waals surface area contributed by atoms with E-state index in [1.54, 1.807) is 13.8 Å². The largest absolute Gasteiger partial charge is 0.460 e. The van der Waals surface area contributed by atoms with Crippen LogP contribution in [0.25, 0.3) is 0 Å². The molecule has 15 heteroatoms. The molecule has 0 aliphatic rings. The number of aliphatic hydroxyl groups excluding tert-OH is 1. The van der Waals surface area contributed by atoms with Crippen LogP contribution in [-0.2, 0) is 38.2 Å². The summed E-state index contributed by atoms with van der Waals surface area (Å²) in [5.41, 5.74) is 11.0. The summed E-state index contributed by atoms with van der Waals surface area (Å²) in [5.74, 6) is -5.25. The van der Waals surface area contributed by atoms with Gasteiger partial charge >= 0.3 is 5.97 Å². The highest BCUT2D eigenvalue weighted by Crippen LogP contribution is 2.22. The zero-order valence-corrected chi connectivity index (χ0v) is 33.0. The first kappa shape index (κ1) is 48.7. The van der Waals surface area contributed by atoms with Crippen molar-refractivity contribution in [2.45, 2.75) is 149 Å². The van der Waals surface area contributed by atoms with Gasteiger partial charge in [0.1, 0.15) is 30.8 Å². The Morgan fingerprint density at radius 3 is 1.87 bits per heavy atom. The zero-order chi connectivity index (χ0) is 39.8. The van der Waals surface area contributed by atoms with Gasteiger partial charge in [0.05, 0.1) is 17.9 Å². The minimum atomic E-state index is -1.12. The second-order valence-corrected chi connectivity index (χ2v) is 14.3. The van der Waals surface area contributed by atoms with Gasteiger partial charge in [-0.25, -0.2) is 0 Å². The van der Waals surface area contributed by atoms with Crippen LogP contribution in [0.15, 0.2) is 0 Å². The van der Waals surface area contributed by atoms with Crippen molar-refractivity contribution in [1.29, 1.82) is 0 Å². The number of amides is 5. The molecule has 0 heterocycles. The number of nitrogens with zero attached hydrogens (tertiary/aromatic N) is 1. The van der Waals surface area contributed by atoms with Gasteiger partial charge in [-0.05, 0) is 44.9 Å². The maximum atomic E-state index is 14.0. The molecule has 302 valence electrons. The molecule has 0 aliphatic heterocycles. The third-order valence-corrected chi connectivity index (χ3v) is 9.30. The number of ether oxygens (including phenoxy) is 2. The van der Waals surface area contributed by atoms with E-state index in [4.69, 9.17) is 20.9 Å². The van der Waals surface area contributed by atoms with E-state index in [-0.39, 0.29) is 25.3 Å². The number of nitrogens with two attached hydrogens (primary N) is 2. The van der Waals surface area contributed by atoms with Gasteiger partial charge in [-0.1, -0.05) is 79.6 Å². The number of rotatable bonds is 29. The lowest BCUT2D eigenvalue weighted by atomic mass is 9.94. The molecule has 0 unspecified atom stereocenters. The normalized spacial score (nSPS) is 15.4. The lowest BCUT2D eigenvalue weighted by Crippen LogP contribution is -2.58. The van der Waals surface area contributed by atoms with Crippen LogP contribution < -0.4 is 27.4 Å². The van der Waals surface area contributed by atoms with Crippen molar-refractivity contribution in [3.8, 4) is 0 Å². The van der Waals surface area contributed by atoms with E-state index in [0.29, 0.717) is 25.9 Å². The number of methoxy groups -OCH3 is 1. The first-order chi connectivity index (χ1) is 24.5. The summed E-state index contributed by atoms with van der Waals surface area (Å²) in [6.45, 7) is 10.3. The van der Waals surface area contributed by atoms with Crippen molar-refractivity contribution in [3.63, 3.8) is 0 Å². The number of likely N-dealkylation sites (N-methyl/N-ethyl adjacent to an activating group) is 1. The molecule has 0 aromatic heterocycles. The van der Waals surface area contributed by atoms with E-state index in [1.807, 2.05) is 13.8 Å². The van der Waals surface area contributed by atoms with Gasteiger partial charge in [-0.2, -0.15) is 0 Å². The number of esters is 1. The fraction of sp³-hybridized carbons (Fsp3) is 0.838. The second kappa shape index (κ2) is 27.3. The third kappa shape index (κ3) is 19.5. The van der Waals surface area contributed by atoms with E-state index >= 15 is 0 Å². The fourth-order valence-electron chi connectivity index (χ4n) is 5.65. The lowest BCUT2D eigenvalue weighted by molar-refractivity contribution is -0.158. The molecular weight excluding hydrogens is 672 g/mol. The molecule has 0 rings (SSSR count). The van der Waals surface area contributed by atoms with Gasteiger partial charge in [0, 0.05) is 27.3 Å². The first-order valence-electron chi connectivity index (χ1n) is 19.0. The molecule has 0 aromatic carbocycles. The highest BCUT2D eigenvalue weighted by atomic mass is 16.5. The number of carbonyl (C=O) groups is 6. The van der Waals surface area contributed by atoms with Gasteiger partial charge in [-0.15, -0.1) is 0 Å². The molecule has 0 saturated heterocycles. The molecule has 52 heavy (non-hydrogen) atoms. The summed E-state index contributed by atoms with van der Waals surface area (Å²) in [4.78, 5) is 79.4.